The molecule has 0 aliphatic heterocycles. The van der Waals surface area contributed by atoms with Crippen molar-refractivity contribution < 1.29 is 0 Å². The smallest absolute Gasteiger partial charge is 0.0856 e. The maximum Gasteiger partial charge on any atom is 0.0856 e. The van der Waals surface area contributed by atoms with Crippen molar-refractivity contribution in [3.63, 3.8) is 0 Å². The summed E-state index contributed by atoms with van der Waals surface area (Å²) in [6.45, 7) is 8.53. The fourth-order valence-electron chi connectivity index (χ4n) is 2.87. The van der Waals surface area contributed by atoms with Crippen LogP contribution in [0.3, 0.4) is 0 Å². The molecule has 0 bridgehead atoms. The number of aryl methyl sites for hydroxylation is 3. The van der Waals surface area contributed by atoms with Gasteiger partial charge >= 0.3 is 0 Å². The number of rotatable bonds is 1. The molecule has 1 heteroatoms. The van der Waals surface area contributed by atoms with Crippen LogP contribution in [-0.2, 0) is 5.41 Å². The maximum absolute atomic E-state index is 9.35. The van der Waals surface area contributed by atoms with Crippen LogP contribution in [0.15, 0.2) is 12.1 Å². The fourth-order valence-corrected chi connectivity index (χ4v) is 2.87. The lowest BCUT2D eigenvalue weighted by Crippen LogP contribution is -2.10. The van der Waals surface area contributed by atoms with E-state index in [1.807, 2.05) is 0 Å². The Labute approximate surface area is 91.7 Å². The monoisotopic (exact) mass is 199 g/mol. The SMILES string of the molecule is Cc1cc(C)c(C2(C#N)CC2C)c(C)c1. The summed E-state index contributed by atoms with van der Waals surface area (Å²) in [4.78, 5) is 0. The summed E-state index contributed by atoms with van der Waals surface area (Å²) in [6.07, 6.45) is 1.02. The van der Waals surface area contributed by atoms with Crippen molar-refractivity contribution in [3.05, 3.63) is 34.4 Å². The summed E-state index contributed by atoms with van der Waals surface area (Å²) < 4.78 is 0. The van der Waals surface area contributed by atoms with E-state index >= 15 is 0 Å². The molecule has 1 fully saturated rings. The van der Waals surface area contributed by atoms with Crippen LogP contribution in [0.25, 0.3) is 0 Å². The third-order valence-electron chi connectivity index (χ3n) is 3.63. The van der Waals surface area contributed by atoms with E-state index in [1.54, 1.807) is 0 Å². The van der Waals surface area contributed by atoms with E-state index in [1.165, 1.54) is 22.3 Å². The molecule has 0 heterocycles. The number of nitriles is 1. The zero-order valence-electron chi connectivity index (χ0n) is 9.89. The summed E-state index contributed by atoms with van der Waals surface area (Å²) in [7, 11) is 0. The first-order valence-electron chi connectivity index (χ1n) is 5.51. The van der Waals surface area contributed by atoms with E-state index in [0.29, 0.717) is 5.92 Å². The summed E-state index contributed by atoms with van der Waals surface area (Å²) in [5.74, 6) is 0.516. The van der Waals surface area contributed by atoms with Gasteiger partial charge in [0.1, 0.15) is 0 Å². The largest absolute Gasteiger partial charge is 0.197 e. The Hall–Kier alpha value is -1.29. The Morgan fingerprint density at radius 2 is 1.73 bits per heavy atom. The first-order chi connectivity index (χ1) is 7.01. The molecule has 1 nitrogen and oxygen atoms in total. The lowest BCUT2D eigenvalue weighted by molar-refractivity contribution is 0.778. The first-order valence-corrected chi connectivity index (χ1v) is 5.51. The molecule has 1 aliphatic carbocycles. The van der Waals surface area contributed by atoms with Crippen LogP contribution in [0, 0.1) is 38.0 Å². The Kier molecular flexibility index (Phi) is 2.12. The number of benzene rings is 1. The van der Waals surface area contributed by atoms with Crippen LogP contribution in [-0.4, -0.2) is 0 Å². The van der Waals surface area contributed by atoms with Gasteiger partial charge in [-0.05, 0) is 49.8 Å². The minimum atomic E-state index is -0.179. The molecule has 2 unspecified atom stereocenters. The molecule has 78 valence electrons. The van der Waals surface area contributed by atoms with Crippen LogP contribution in [0.4, 0.5) is 0 Å². The number of hydrogen-bond donors (Lipinski definition) is 0. The van der Waals surface area contributed by atoms with E-state index in [2.05, 4.69) is 45.9 Å². The minimum absolute atomic E-state index is 0.179. The van der Waals surface area contributed by atoms with E-state index in [4.69, 9.17) is 0 Å². The van der Waals surface area contributed by atoms with Crippen molar-refractivity contribution in [1.82, 2.24) is 0 Å². The van der Waals surface area contributed by atoms with Crippen LogP contribution in [0.2, 0.25) is 0 Å². The molecule has 0 aromatic heterocycles. The van der Waals surface area contributed by atoms with E-state index in [9.17, 15) is 5.26 Å². The second kappa shape index (κ2) is 3.10. The van der Waals surface area contributed by atoms with Crippen molar-refractivity contribution in [2.24, 2.45) is 5.92 Å². The summed E-state index contributed by atoms with van der Waals surface area (Å²) in [6, 6.07) is 6.89. The molecule has 0 radical (unpaired) electrons. The fraction of sp³-hybridized carbons (Fsp3) is 0.500. The van der Waals surface area contributed by atoms with Crippen LogP contribution in [0.1, 0.15) is 35.6 Å². The van der Waals surface area contributed by atoms with Crippen molar-refractivity contribution in [2.75, 3.05) is 0 Å². The summed E-state index contributed by atoms with van der Waals surface area (Å²) in [5.41, 5.74) is 4.94. The molecule has 0 spiro atoms. The average Bonchev–Trinajstić information content (AvgIpc) is 2.76. The molecule has 2 rings (SSSR count). The third kappa shape index (κ3) is 1.36. The Morgan fingerprint density at radius 1 is 1.27 bits per heavy atom. The quantitative estimate of drug-likeness (QED) is 0.680. The lowest BCUT2D eigenvalue weighted by Gasteiger charge is -2.16. The van der Waals surface area contributed by atoms with Gasteiger partial charge in [-0.15, -0.1) is 0 Å². The second-order valence-corrected chi connectivity index (χ2v) is 4.96. The van der Waals surface area contributed by atoms with Gasteiger partial charge in [0.05, 0.1) is 11.5 Å². The Morgan fingerprint density at radius 3 is 2.07 bits per heavy atom. The zero-order valence-corrected chi connectivity index (χ0v) is 9.89. The molecule has 15 heavy (non-hydrogen) atoms. The third-order valence-corrected chi connectivity index (χ3v) is 3.63. The predicted molar refractivity (Wildman–Crippen MR) is 61.7 cm³/mol. The second-order valence-electron chi connectivity index (χ2n) is 4.96. The van der Waals surface area contributed by atoms with Gasteiger partial charge in [0, 0.05) is 0 Å². The van der Waals surface area contributed by atoms with Crippen LogP contribution >= 0.6 is 0 Å². The van der Waals surface area contributed by atoms with Gasteiger partial charge in [-0.3, -0.25) is 0 Å². The highest BCUT2D eigenvalue weighted by Crippen LogP contribution is 2.55. The highest BCUT2D eigenvalue weighted by molar-refractivity contribution is 5.51. The predicted octanol–water partition coefficient (Wildman–Crippen LogP) is 3.41. The first kappa shape index (κ1) is 10.2. The number of hydrogen-bond acceptors (Lipinski definition) is 1. The maximum atomic E-state index is 9.35. The molecule has 0 N–H and O–H groups in total. The van der Waals surface area contributed by atoms with Gasteiger partial charge in [-0.25, -0.2) is 0 Å². The Bertz CT molecular complexity index is 430. The molecule has 1 aliphatic rings. The van der Waals surface area contributed by atoms with Gasteiger partial charge in [0.2, 0.25) is 0 Å². The summed E-state index contributed by atoms with van der Waals surface area (Å²) >= 11 is 0. The van der Waals surface area contributed by atoms with Crippen LogP contribution in [0.5, 0.6) is 0 Å². The van der Waals surface area contributed by atoms with Gasteiger partial charge in [0.15, 0.2) is 0 Å². The lowest BCUT2D eigenvalue weighted by atomic mass is 9.86. The van der Waals surface area contributed by atoms with E-state index in [0.717, 1.165) is 6.42 Å². The molecular weight excluding hydrogens is 182 g/mol. The van der Waals surface area contributed by atoms with Crippen LogP contribution < -0.4 is 0 Å². The highest BCUT2D eigenvalue weighted by atomic mass is 14.6. The van der Waals surface area contributed by atoms with Gasteiger partial charge in [0.25, 0.3) is 0 Å². The molecule has 1 aromatic carbocycles. The van der Waals surface area contributed by atoms with Gasteiger partial charge in [-0.1, -0.05) is 24.6 Å². The van der Waals surface area contributed by atoms with E-state index in [-0.39, 0.29) is 5.41 Å². The number of nitrogens with zero attached hydrogens (tertiary/aromatic N) is 1. The Balaban J connectivity index is 2.60. The van der Waals surface area contributed by atoms with E-state index < -0.39 is 0 Å². The highest BCUT2D eigenvalue weighted by Gasteiger charge is 2.54. The molecular formula is C14H17N. The molecule has 2 atom stereocenters. The van der Waals surface area contributed by atoms with Crippen molar-refractivity contribution in [1.29, 1.82) is 5.26 Å². The van der Waals surface area contributed by atoms with Crippen molar-refractivity contribution >= 4 is 0 Å². The van der Waals surface area contributed by atoms with Crippen molar-refractivity contribution in [2.45, 2.75) is 39.5 Å². The van der Waals surface area contributed by atoms with Crippen molar-refractivity contribution in [3.8, 4) is 6.07 Å². The van der Waals surface area contributed by atoms with Gasteiger partial charge < -0.3 is 0 Å². The normalized spacial score (nSPS) is 28.6. The molecule has 1 saturated carbocycles. The minimum Gasteiger partial charge on any atom is -0.197 e. The standard InChI is InChI=1S/C14H17N/c1-9-5-10(2)13(11(3)6-9)14(8-15)7-12(14)4/h5-6,12H,7H2,1-4H3. The molecule has 0 amide bonds. The average molecular weight is 199 g/mol. The molecule has 0 saturated heterocycles. The summed E-state index contributed by atoms with van der Waals surface area (Å²) in [5, 5.41) is 9.35. The zero-order chi connectivity index (χ0) is 11.2. The molecule has 1 aromatic rings. The topological polar surface area (TPSA) is 23.8 Å². The van der Waals surface area contributed by atoms with Gasteiger partial charge in [-0.2, -0.15) is 5.26 Å².